The number of hydrogen-bond acceptors (Lipinski definition) is 3. The second-order valence-corrected chi connectivity index (χ2v) is 7.72. The van der Waals surface area contributed by atoms with Gasteiger partial charge in [-0.25, -0.2) is 4.39 Å². The van der Waals surface area contributed by atoms with Crippen molar-refractivity contribution in [2.75, 3.05) is 26.2 Å². The summed E-state index contributed by atoms with van der Waals surface area (Å²) < 4.78 is 13.4. The van der Waals surface area contributed by atoms with E-state index in [0.29, 0.717) is 13.0 Å². The lowest BCUT2D eigenvalue weighted by Gasteiger charge is -2.29. The number of aliphatic hydroxyl groups excluding tert-OH is 1. The number of halogens is 1. The standard InChI is InChI=1S/C23H26FNO2/c1-16-3-2-4-20-21(17-9-11-25(12-10-17)13-14-26)15-23(27,22(16)20)18-5-7-19(24)8-6-18/h2-9,21,26-27H,10-15H2,1H3. The summed E-state index contributed by atoms with van der Waals surface area (Å²) in [5, 5.41) is 20.9. The fraction of sp³-hybridized carbons (Fsp3) is 0.391. The van der Waals surface area contributed by atoms with E-state index in [0.717, 1.165) is 36.2 Å². The number of aryl methyl sites for hydroxylation is 1. The third-order valence-corrected chi connectivity index (χ3v) is 6.11. The summed E-state index contributed by atoms with van der Waals surface area (Å²) >= 11 is 0. The molecular formula is C23H26FNO2. The van der Waals surface area contributed by atoms with Crippen LogP contribution in [0.2, 0.25) is 0 Å². The van der Waals surface area contributed by atoms with Gasteiger partial charge < -0.3 is 10.2 Å². The summed E-state index contributed by atoms with van der Waals surface area (Å²) in [6.07, 6.45) is 3.79. The van der Waals surface area contributed by atoms with Crippen molar-refractivity contribution in [1.29, 1.82) is 0 Å². The molecule has 142 valence electrons. The molecule has 0 saturated carbocycles. The Kier molecular flexibility index (Phi) is 4.89. The largest absolute Gasteiger partial charge is 0.395 e. The molecular weight excluding hydrogens is 341 g/mol. The van der Waals surface area contributed by atoms with Gasteiger partial charge in [-0.1, -0.05) is 42.0 Å². The number of β-amino-alcohol motifs (C(OH)–C–C–N with tert-alkyl or cyclic N) is 1. The molecule has 1 aliphatic carbocycles. The molecule has 0 radical (unpaired) electrons. The first kappa shape index (κ1) is 18.4. The summed E-state index contributed by atoms with van der Waals surface area (Å²) in [5.74, 6) is -0.118. The van der Waals surface area contributed by atoms with Crippen molar-refractivity contribution in [2.45, 2.75) is 31.3 Å². The molecule has 4 heteroatoms. The topological polar surface area (TPSA) is 43.7 Å². The molecule has 2 N–H and O–H groups in total. The van der Waals surface area contributed by atoms with Crippen LogP contribution in [-0.4, -0.2) is 41.4 Å². The molecule has 2 aliphatic rings. The highest BCUT2D eigenvalue weighted by molar-refractivity contribution is 5.54. The van der Waals surface area contributed by atoms with Crippen molar-refractivity contribution in [3.63, 3.8) is 0 Å². The number of hydrogen-bond donors (Lipinski definition) is 2. The summed E-state index contributed by atoms with van der Waals surface area (Å²) in [7, 11) is 0. The molecule has 0 fully saturated rings. The Morgan fingerprint density at radius 1 is 1.19 bits per heavy atom. The number of benzene rings is 2. The van der Waals surface area contributed by atoms with Gasteiger partial charge >= 0.3 is 0 Å². The second kappa shape index (κ2) is 7.19. The first-order valence-corrected chi connectivity index (χ1v) is 9.63. The van der Waals surface area contributed by atoms with E-state index in [-0.39, 0.29) is 18.3 Å². The zero-order valence-corrected chi connectivity index (χ0v) is 15.7. The highest BCUT2D eigenvalue weighted by Gasteiger charge is 2.45. The molecule has 0 aromatic heterocycles. The van der Waals surface area contributed by atoms with E-state index in [1.54, 1.807) is 12.1 Å². The molecule has 0 amide bonds. The molecule has 2 atom stereocenters. The van der Waals surface area contributed by atoms with Crippen LogP contribution in [0.1, 0.15) is 41.0 Å². The van der Waals surface area contributed by atoms with Crippen LogP contribution in [0.5, 0.6) is 0 Å². The lowest BCUT2D eigenvalue weighted by atomic mass is 9.84. The highest BCUT2D eigenvalue weighted by atomic mass is 19.1. The van der Waals surface area contributed by atoms with Gasteiger partial charge in [-0.05, 0) is 54.2 Å². The minimum Gasteiger partial charge on any atom is -0.395 e. The Hall–Kier alpha value is -2.01. The Morgan fingerprint density at radius 3 is 2.63 bits per heavy atom. The normalized spacial score (nSPS) is 25.3. The summed E-state index contributed by atoms with van der Waals surface area (Å²) in [6.45, 7) is 4.68. The molecule has 1 aliphatic heterocycles. The minimum atomic E-state index is -1.10. The Labute approximate surface area is 159 Å². The average Bonchev–Trinajstić information content (AvgIpc) is 2.98. The van der Waals surface area contributed by atoms with Crippen LogP contribution >= 0.6 is 0 Å². The van der Waals surface area contributed by atoms with Crippen LogP contribution in [-0.2, 0) is 5.60 Å². The number of aliphatic hydroxyl groups is 2. The van der Waals surface area contributed by atoms with E-state index < -0.39 is 5.60 Å². The van der Waals surface area contributed by atoms with Gasteiger partial charge in [-0.3, -0.25) is 4.90 Å². The van der Waals surface area contributed by atoms with Gasteiger partial charge in [0.1, 0.15) is 11.4 Å². The zero-order valence-electron chi connectivity index (χ0n) is 15.7. The smallest absolute Gasteiger partial charge is 0.123 e. The van der Waals surface area contributed by atoms with Gasteiger partial charge in [-0.2, -0.15) is 0 Å². The lowest BCUT2D eigenvalue weighted by Crippen LogP contribution is -2.32. The molecule has 2 aromatic rings. The SMILES string of the molecule is Cc1cccc2c1C(O)(c1ccc(F)cc1)CC2C1=CCN(CCO)CC1. The molecule has 3 nitrogen and oxygen atoms in total. The van der Waals surface area contributed by atoms with Crippen LogP contribution in [0.3, 0.4) is 0 Å². The van der Waals surface area contributed by atoms with E-state index in [1.807, 2.05) is 13.0 Å². The van der Waals surface area contributed by atoms with Crippen molar-refractivity contribution < 1.29 is 14.6 Å². The number of nitrogens with zero attached hydrogens (tertiary/aromatic N) is 1. The van der Waals surface area contributed by atoms with Crippen molar-refractivity contribution in [3.8, 4) is 0 Å². The fourth-order valence-electron chi connectivity index (χ4n) is 4.76. The van der Waals surface area contributed by atoms with E-state index in [2.05, 4.69) is 23.1 Å². The van der Waals surface area contributed by atoms with Crippen LogP contribution in [0.15, 0.2) is 54.1 Å². The van der Waals surface area contributed by atoms with Crippen LogP contribution in [0.25, 0.3) is 0 Å². The zero-order chi connectivity index (χ0) is 19.0. The van der Waals surface area contributed by atoms with Gasteiger partial charge in [-0.15, -0.1) is 0 Å². The Balaban J connectivity index is 1.73. The molecule has 4 rings (SSSR count). The quantitative estimate of drug-likeness (QED) is 0.813. The monoisotopic (exact) mass is 367 g/mol. The van der Waals surface area contributed by atoms with Crippen LogP contribution in [0, 0.1) is 12.7 Å². The molecule has 0 spiro atoms. The predicted molar refractivity (Wildman–Crippen MR) is 104 cm³/mol. The van der Waals surface area contributed by atoms with E-state index in [1.165, 1.54) is 23.3 Å². The van der Waals surface area contributed by atoms with E-state index >= 15 is 0 Å². The molecule has 0 bridgehead atoms. The molecule has 2 unspecified atom stereocenters. The lowest BCUT2D eigenvalue weighted by molar-refractivity contribution is 0.0782. The maximum Gasteiger partial charge on any atom is 0.123 e. The van der Waals surface area contributed by atoms with Crippen molar-refractivity contribution in [2.24, 2.45) is 0 Å². The second-order valence-electron chi connectivity index (χ2n) is 7.72. The minimum absolute atomic E-state index is 0.172. The van der Waals surface area contributed by atoms with E-state index in [4.69, 9.17) is 5.11 Å². The Morgan fingerprint density at radius 2 is 1.96 bits per heavy atom. The van der Waals surface area contributed by atoms with Crippen molar-refractivity contribution in [1.82, 2.24) is 4.90 Å². The predicted octanol–water partition coefficient (Wildman–Crippen LogP) is 3.48. The average molecular weight is 367 g/mol. The Bertz CT molecular complexity index is 861. The van der Waals surface area contributed by atoms with Gasteiger partial charge in [0, 0.05) is 25.6 Å². The molecule has 27 heavy (non-hydrogen) atoms. The third kappa shape index (κ3) is 3.22. The summed E-state index contributed by atoms with van der Waals surface area (Å²) in [5.41, 5.74) is 4.24. The first-order valence-electron chi connectivity index (χ1n) is 9.63. The number of rotatable bonds is 4. The highest BCUT2D eigenvalue weighted by Crippen LogP contribution is 2.52. The third-order valence-electron chi connectivity index (χ3n) is 6.11. The van der Waals surface area contributed by atoms with Crippen LogP contribution in [0.4, 0.5) is 4.39 Å². The van der Waals surface area contributed by atoms with Crippen molar-refractivity contribution in [3.05, 3.63) is 82.2 Å². The summed E-state index contributed by atoms with van der Waals surface area (Å²) in [6, 6.07) is 12.5. The molecule has 1 heterocycles. The van der Waals surface area contributed by atoms with E-state index in [9.17, 15) is 9.50 Å². The van der Waals surface area contributed by atoms with Gasteiger partial charge in [0.2, 0.25) is 0 Å². The van der Waals surface area contributed by atoms with Gasteiger partial charge in [0.05, 0.1) is 6.61 Å². The van der Waals surface area contributed by atoms with Gasteiger partial charge in [0.15, 0.2) is 0 Å². The fourth-order valence-corrected chi connectivity index (χ4v) is 4.76. The number of fused-ring (bicyclic) bond motifs is 1. The van der Waals surface area contributed by atoms with Crippen LogP contribution < -0.4 is 0 Å². The molecule has 2 aromatic carbocycles. The maximum atomic E-state index is 13.4. The maximum absolute atomic E-state index is 13.4. The molecule has 0 saturated heterocycles. The van der Waals surface area contributed by atoms with Gasteiger partial charge in [0.25, 0.3) is 0 Å². The first-order chi connectivity index (χ1) is 13.0. The van der Waals surface area contributed by atoms with Crippen molar-refractivity contribution >= 4 is 0 Å². The summed E-state index contributed by atoms with van der Waals surface area (Å²) in [4.78, 5) is 2.24.